The first-order valence-electron chi connectivity index (χ1n) is 9.96. The lowest BCUT2D eigenvalue weighted by atomic mass is 9.94. The highest BCUT2D eigenvalue weighted by Gasteiger charge is 2.23. The van der Waals surface area contributed by atoms with Gasteiger partial charge >= 0.3 is 5.97 Å². The number of nitrogens with zero attached hydrogens (tertiary/aromatic N) is 1. The highest BCUT2D eigenvalue weighted by atomic mass is 16.6. The van der Waals surface area contributed by atoms with Crippen LogP contribution in [0.3, 0.4) is 0 Å². The van der Waals surface area contributed by atoms with Crippen LogP contribution in [0.1, 0.15) is 37.0 Å². The number of hydrogen-bond acceptors (Lipinski definition) is 6. The fraction of sp³-hybridized carbons (Fsp3) is 0.391. The molecule has 2 aromatic rings. The standard InChI is InChI=1S/C23H27NO5/c1-3-26-23(25)12-19-11-20-13-21(9-10-22(20)28-16-19)27-15-18-7-5-17(6-8-18)14-24-29-4-2/h5-10,13-14,19H,3-4,11-12,15-16H2,1-2H3. The summed E-state index contributed by atoms with van der Waals surface area (Å²) in [4.78, 5) is 16.7. The summed E-state index contributed by atoms with van der Waals surface area (Å²) in [7, 11) is 0. The Balaban J connectivity index is 1.55. The molecule has 0 radical (unpaired) electrons. The van der Waals surface area contributed by atoms with Crippen molar-refractivity contribution in [2.45, 2.75) is 33.3 Å². The maximum atomic E-state index is 11.7. The summed E-state index contributed by atoms with van der Waals surface area (Å²) >= 11 is 0. The van der Waals surface area contributed by atoms with Gasteiger partial charge < -0.3 is 19.0 Å². The van der Waals surface area contributed by atoms with Gasteiger partial charge in [0.25, 0.3) is 0 Å². The van der Waals surface area contributed by atoms with Crippen molar-refractivity contribution in [3.8, 4) is 11.5 Å². The van der Waals surface area contributed by atoms with Crippen molar-refractivity contribution in [3.05, 3.63) is 59.2 Å². The minimum Gasteiger partial charge on any atom is -0.493 e. The fourth-order valence-electron chi connectivity index (χ4n) is 3.15. The third kappa shape index (κ3) is 6.24. The summed E-state index contributed by atoms with van der Waals surface area (Å²) in [6.45, 7) is 5.67. The van der Waals surface area contributed by atoms with E-state index >= 15 is 0 Å². The molecule has 0 saturated carbocycles. The van der Waals surface area contributed by atoms with Crippen LogP contribution in [0.25, 0.3) is 0 Å². The molecule has 1 heterocycles. The van der Waals surface area contributed by atoms with E-state index in [0.29, 0.717) is 32.8 Å². The zero-order valence-electron chi connectivity index (χ0n) is 16.9. The van der Waals surface area contributed by atoms with E-state index in [0.717, 1.165) is 34.6 Å². The molecule has 29 heavy (non-hydrogen) atoms. The van der Waals surface area contributed by atoms with Gasteiger partial charge in [0.2, 0.25) is 0 Å². The van der Waals surface area contributed by atoms with Crippen LogP contribution in [-0.4, -0.2) is 32.0 Å². The number of carbonyl (C=O) groups is 1. The first-order chi connectivity index (χ1) is 14.2. The lowest BCUT2D eigenvalue weighted by Crippen LogP contribution is -2.24. The van der Waals surface area contributed by atoms with Gasteiger partial charge in [-0.15, -0.1) is 0 Å². The summed E-state index contributed by atoms with van der Waals surface area (Å²) in [5.41, 5.74) is 3.10. The van der Waals surface area contributed by atoms with E-state index in [1.165, 1.54) is 0 Å². The maximum absolute atomic E-state index is 11.7. The highest BCUT2D eigenvalue weighted by Crippen LogP contribution is 2.32. The second-order valence-corrected chi connectivity index (χ2v) is 6.84. The molecule has 1 aliphatic rings. The first-order valence-corrected chi connectivity index (χ1v) is 9.96. The van der Waals surface area contributed by atoms with Gasteiger partial charge in [0.15, 0.2) is 0 Å². The molecule has 0 fully saturated rings. The summed E-state index contributed by atoms with van der Waals surface area (Å²) in [5.74, 6) is 1.59. The van der Waals surface area contributed by atoms with E-state index in [-0.39, 0.29) is 11.9 Å². The van der Waals surface area contributed by atoms with Crippen molar-refractivity contribution in [1.82, 2.24) is 0 Å². The Morgan fingerprint density at radius 1 is 1.17 bits per heavy atom. The minimum absolute atomic E-state index is 0.127. The fourth-order valence-corrected chi connectivity index (χ4v) is 3.15. The van der Waals surface area contributed by atoms with Crippen LogP contribution in [0.2, 0.25) is 0 Å². The SMILES string of the molecule is CCON=Cc1ccc(COc2ccc3c(c2)CC(CC(=O)OCC)CO3)cc1. The molecule has 1 atom stereocenters. The lowest BCUT2D eigenvalue weighted by Gasteiger charge is -2.25. The number of fused-ring (bicyclic) bond motifs is 1. The van der Waals surface area contributed by atoms with E-state index in [1.807, 2.05) is 56.3 Å². The minimum atomic E-state index is -0.174. The van der Waals surface area contributed by atoms with Crippen LogP contribution in [0.4, 0.5) is 0 Å². The number of rotatable bonds is 9. The van der Waals surface area contributed by atoms with Crippen molar-refractivity contribution >= 4 is 12.2 Å². The van der Waals surface area contributed by atoms with E-state index < -0.39 is 0 Å². The molecule has 3 rings (SSSR count). The Bertz CT molecular complexity index is 832. The van der Waals surface area contributed by atoms with Gasteiger partial charge in [-0.25, -0.2) is 0 Å². The molecule has 2 aromatic carbocycles. The number of carbonyl (C=O) groups excluding carboxylic acids is 1. The molecular weight excluding hydrogens is 370 g/mol. The topological polar surface area (TPSA) is 66.4 Å². The molecule has 6 nitrogen and oxygen atoms in total. The van der Waals surface area contributed by atoms with Crippen LogP contribution in [0.5, 0.6) is 11.5 Å². The van der Waals surface area contributed by atoms with Crippen LogP contribution >= 0.6 is 0 Å². The predicted octanol–water partition coefficient (Wildman–Crippen LogP) is 4.14. The Kier molecular flexibility index (Phi) is 7.50. The molecule has 0 amide bonds. The number of esters is 1. The van der Waals surface area contributed by atoms with Crippen LogP contribution in [-0.2, 0) is 27.4 Å². The third-order valence-electron chi connectivity index (χ3n) is 4.57. The Hall–Kier alpha value is -3.02. The molecular formula is C23H27NO5. The van der Waals surface area contributed by atoms with Crippen LogP contribution < -0.4 is 9.47 Å². The van der Waals surface area contributed by atoms with E-state index in [2.05, 4.69) is 5.16 Å². The van der Waals surface area contributed by atoms with Crippen LogP contribution in [0.15, 0.2) is 47.6 Å². The second-order valence-electron chi connectivity index (χ2n) is 6.84. The van der Waals surface area contributed by atoms with E-state index in [1.54, 1.807) is 6.21 Å². The molecule has 1 aliphatic heterocycles. The average molecular weight is 397 g/mol. The predicted molar refractivity (Wildman–Crippen MR) is 110 cm³/mol. The summed E-state index contributed by atoms with van der Waals surface area (Å²) in [6, 6.07) is 13.8. The van der Waals surface area contributed by atoms with Crippen LogP contribution in [0, 0.1) is 5.92 Å². The lowest BCUT2D eigenvalue weighted by molar-refractivity contribution is -0.144. The van der Waals surface area contributed by atoms with Crippen molar-refractivity contribution in [2.75, 3.05) is 19.8 Å². The van der Waals surface area contributed by atoms with Crippen molar-refractivity contribution < 1.29 is 23.8 Å². The van der Waals surface area contributed by atoms with Crippen molar-refractivity contribution in [3.63, 3.8) is 0 Å². The Morgan fingerprint density at radius 2 is 2.00 bits per heavy atom. The quantitative estimate of drug-likeness (QED) is 0.361. The highest BCUT2D eigenvalue weighted by molar-refractivity contribution is 5.79. The molecule has 0 saturated heterocycles. The van der Waals surface area contributed by atoms with Crippen molar-refractivity contribution in [1.29, 1.82) is 0 Å². The summed E-state index contributed by atoms with van der Waals surface area (Å²) in [5, 5.41) is 3.86. The van der Waals surface area contributed by atoms with Gasteiger partial charge in [-0.2, -0.15) is 0 Å². The van der Waals surface area contributed by atoms with Crippen molar-refractivity contribution in [2.24, 2.45) is 11.1 Å². The molecule has 0 bridgehead atoms. The second kappa shape index (κ2) is 10.5. The Morgan fingerprint density at radius 3 is 2.76 bits per heavy atom. The van der Waals surface area contributed by atoms with Gasteiger partial charge in [-0.05, 0) is 55.2 Å². The zero-order valence-corrected chi connectivity index (χ0v) is 16.9. The van der Waals surface area contributed by atoms with Gasteiger partial charge in [-0.3, -0.25) is 4.79 Å². The average Bonchev–Trinajstić information content (AvgIpc) is 2.73. The smallest absolute Gasteiger partial charge is 0.306 e. The monoisotopic (exact) mass is 397 g/mol. The van der Waals surface area contributed by atoms with Gasteiger partial charge in [0.05, 0.1) is 25.8 Å². The number of oxime groups is 1. The molecule has 154 valence electrons. The third-order valence-corrected chi connectivity index (χ3v) is 4.57. The van der Waals surface area contributed by atoms with E-state index in [9.17, 15) is 4.79 Å². The summed E-state index contributed by atoms with van der Waals surface area (Å²) < 4.78 is 16.8. The molecule has 0 N–H and O–H groups in total. The molecule has 0 spiro atoms. The molecule has 0 aromatic heterocycles. The largest absolute Gasteiger partial charge is 0.493 e. The summed E-state index contributed by atoms with van der Waals surface area (Å²) in [6.07, 6.45) is 2.83. The molecule has 1 unspecified atom stereocenters. The number of hydrogen-bond donors (Lipinski definition) is 0. The normalized spacial score (nSPS) is 15.4. The molecule has 0 aliphatic carbocycles. The number of ether oxygens (including phenoxy) is 3. The Labute approximate surface area is 171 Å². The van der Waals surface area contributed by atoms with E-state index in [4.69, 9.17) is 19.0 Å². The van der Waals surface area contributed by atoms with Gasteiger partial charge in [-0.1, -0.05) is 29.4 Å². The van der Waals surface area contributed by atoms with Gasteiger partial charge in [0.1, 0.15) is 24.7 Å². The first kappa shape index (κ1) is 20.7. The zero-order chi connectivity index (χ0) is 20.5. The number of benzene rings is 2. The van der Waals surface area contributed by atoms with Gasteiger partial charge in [0, 0.05) is 5.92 Å². The molecule has 6 heteroatoms. The maximum Gasteiger partial charge on any atom is 0.306 e.